The summed E-state index contributed by atoms with van der Waals surface area (Å²) >= 11 is 0. The van der Waals surface area contributed by atoms with Gasteiger partial charge in [0.05, 0.1) is 0 Å². The van der Waals surface area contributed by atoms with E-state index in [0.717, 1.165) is 17.9 Å². The minimum absolute atomic E-state index is 0. The van der Waals surface area contributed by atoms with Gasteiger partial charge in [-0.25, -0.2) is 4.39 Å². The van der Waals surface area contributed by atoms with Crippen LogP contribution in [0.1, 0.15) is 43.2 Å². The summed E-state index contributed by atoms with van der Waals surface area (Å²) in [5, 5.41) is 6.21. The second-order valence-corrected chi connectivity index (χ2v) is 7.39. The maximum atomic E-state index is 13.1. The number of benzene rings is 3. The smallest absolute Gasteiger partial charge is 0.124 e. The van der Waals surface area contributed by atoms with E-state index in [1.807, 2.05) is 0 Å². The molecule has 0 aliphatic heterocycles. The maximum absolute atomic E-state index is 13.1. The molecule has 0 amide bonds. The predicted molar refractivity (Wildman–Crippen MR) is 116 cm³/mol. The van der Waals surface area contributed by atoms with Gasteiger partial charge < -0.3 is 10.1 Å². The lowest BCUT2D eigenvalue weighted by atomic mass is 9.95. The van der Waals surface area contributed by atoms with E-state index in [9.17, 15) is 4.39 Å². The Balaban J connectivity index is 0.00000225. The lowest BCUT2D eigenvalue weighted by Crippen LogP contribution is -2.30. The first-order valence-electron chi connectivity index (χ1n) is 9.91. The molecule has 1 aliphatic carbocycles. The molecule has 0 spiro atoms. The van der Waals surface area contributed by atoms with Crippen LogP contribution in [0.25, 0.3) is 10.8 Å². The Bertz CT molecular complexity index is 891. The van der Waals surface area contributed by atoms with Gasteiger partial charge in [0.2, 0.25) is 0 Å². The molecule has 3 aromatic carbocycles. The van der Waals surface area contributed by atoms with Crippen molar-refractivity contribution in [1.29, 1.82) is 0 Å². The molecule has 1 fully saturated rings. The van der Waals surface area contributed by atoms with E-state index in [2.05, 4.69) is 41.7 Å². The van der Waals surface area contributed by atoms with Crippen LogP contribution in [0.15, 0.2) is 60.7 Å². The first kappa shape index (κ1) is 20.6. The second kappa shape index (κ2) is 9.90. The lowest BCUT2D eigenvalue weighted by Gasteiger charge is -2.24. The fraction of sp³-hybridized carbons (Fsp3) is 0.333. The number of halogens is 2. The van der Waals surface area contributed by atoms with E-state index in [4.69, 9.17) is 4.74 Å². The zero-order chi connectivity index (χ0) is 18.5. The van der Waals surface area contributed by atoms with Gasteiger partial charge in [0, 0.05) is 18.2 Å². The van der Waals surface area contributed by atoms with Crippen molar-refractivity contribution in [2.75, 3.05) is 0 Å². The Labute approximate surface area is 172 Å². The molecular weight excluding hydrogens is 373 g/mol. The normalized spacial score (nSPS) is 14.6. The van der Waals surface area contributed by atoms with Gasteiger partial charge in [-0.3, -0.25) is 0 Å². The Hall–Kier alpha value is -2.10. The van der Waals surface area contributed by atoms with Crippen molar-refractivity contribution in [2.45, 2.75) is 51.3 Å². The van der Waals surface area contributed by atoms with Gasteiger partial charge in [0.25, 0.3) is 0 Å². The van der Waals surface area contributed by atoms with Crippen LogP contribution in [-0.4, -0.2) is 6.04 Å². The van der Waals surface area contributed by atoms with Crippen LogP contribution in [0.3, 0.4) is 0 Å². The van der Waals surface area contributed by atoms with Crippen LogP contribution in [0.2, 0.25) is 0 Å². The Morgan fingerprint density at radius 3 is 2.43 bits per heavy atom. The van der Waals surface area contributed by atoms with Crippen molar-refractivity contribution in [3.8, 4) is 5.75 Å². The monoisotopic (exact) mass is 399 g/mol. The number of fused-ring (bicyclic) bond motifs is 1. The minimum Gasteiger partial charge on any atom is -0.489 e. The van der Waals surface area contributed by atoms with E-state index in [0.29, 0.717) is 12.6 Å². The summed E-state index contributed by atoms with van der Waals surface area (Å²) in [6.07, 6.45) is 6.52. The van der Waals surface area contributed by atoms with Crippen molar-refractivity contribution in [1.82, 2.24) is 5.32 Å². The highest BCUT2D eigenvalue weighted by Gasteiger charge is 2.15. The zero-order valence-electron chi connectivity index (χ0n) is 16.0. The Morgan fingerprint density at radius 1 is 0.893 bits per heavy atom. The highest BCUT2D eigenvalue weighted by Crippen LogP contribution is 2.29. The number of ether oxygens (including phenoxy) is 1. The molecular formula is C24H27ClFNO. The molecule has 0 bridgehead atoms. The summed E-state index contributed by atoms with van der Waals surface area (Å²) in [6, 6.07) is 19.7. The van der Waals surface area contributed by atoms with E-state index < -0.39 is 0 Å². The van der Waals surface area contributed by atoms with Crippen LogP contribution >= 0.6 is 12.4 Å². The van der Waals surface area contributed by atoms with Crippen LogP contribution < -0.4 is 10.1 Å². The van der Waals surface area contributed by atoms with Crippen LogP contribution in [0.5, 0.6) is 5.75 Å². The molecule has 4 heteroatoms. The first-order chi connectivity index (χ1) is 13.3. The highest BCUT2D eigenvalue weighted by atomic mass is 35.5. The van der Waals surface area contributed by atoms with Crippen molar-refractivity contribution in [2.24, 2.45) is 0 Å². The summed E-state index contributed by atoms with van der Waals surface area (Å²) < 4.78 is 19.3. The summed E-state index contributed by atoms with van der Waals surface area (Å²) in [6.45, 7) is 1.25. The van der Waals surface area contributed by atoms with Gasteiger partial charge >= 0.3 is 0 Å². The molecule has 0 unspecified atom stereocenters. The third-order valence-corrected chi connectivity index (χ3v) is 5.48. The minimum atomic E-state index is -0.221. The number of nitrogens with one attached hydrogen (secondary N) is 1. The fourth-order valence-electron chi connectivity index (χ4n) is 3.93. The van der Waals surface area contributed by atoms with Gasteiger partial charge in [0.15, 0.2) is 0 Å². The molecule has 0 heterocycles. The quantitative estimate of drug-likeness (QED) is 0.517. The molecule has 1 saturated carbocycles. The molecule has 28 heavy (non-hydrogen) atoms. The van der Waals surface area contributed by atoms with Crippen molar-refractivity contribution >= 4 is 23.2 Å². The second-order valence-electron chi connectivity index (χ2n) is 7.39. The summed E-state index contributed by atoms with van der Waals surface area (Å²) in [5.74, 6) is 0.683. The molecule has 0 atom stereocenters. The first-order valence-corrected chi connectivity index (χ1v) is 9.91. The fourth-order valence-corrected chi connectivity index (χ4v) is 3.93. The third kappa shape index (κ3) is 5.03. The molecule has 1 N–H and O–H groups in total. The van der Waals surface area contributed by atoms with E-state index in [1.165, 1.54) is 60.6 Å². The molecule has 3 aromatic rings. The van der Waals surface area contributed by atoms with E-state index >= 15 is 0 Å². The van der Waals surface area contributed by atoms with Gasteiger partial charge in [-0.05, 0) is 47.4 Å². The topological polar surface area (TPSA) is 21.3 Å². The standard InChI is InChI=1S/C24H26FNO.ClH/c25-20-13-10-18(11-14-20)17-27-24-15-12-19-6-4-5-9-22(19)23(24)16-26-21-7-2-1-3-8-21;/h4-6,9-15,21,26H,1-3,7-8,16-17H2;1H. The summed E-state index contributed by atoms with van der Waals surface area (Å²) in [7, 11) is 0. The van der Waals surface area contributed by atoms with Crippen LogP contribution in [-0.2, 0) is 13.2 Å². The average Bonchev–Trinajstić information content (AvgIpc) is 2.73. The highest BCUT2D eigenvalue weighted by molar-refractivity contribution is 5.87. The Kier molecular flexibility index (Phi) is 7.30. The number of hydrogen-bond acceptors (Lipinski definition) is 2. The van der Waals surface area contributed by atoms with Gasteiger partial charge in [-0.15, -0.1) is 12.4 Å². The van der Waals surface area contributed by atoms with Crippen molar-refractivity contribution in [3.05, 3.63) is 77.6 Å². The van der Waals surface area contributed by atoms with Crippen molar-refractivity contribution in [3.63, 3.8) is 0 Å². The van der Waals surface area contributed by atoms with Crippen LogP contribution in [0, 0.1) is 5.82 Å². The number of hydrogen-bond donors (Lipinski definition) is 1. The lowest BCUT2D eigenvalue weighted by molar-refractivity contribution is 0.300. The van der Waals surface area contributed by atoms with Crippen molar-refractivity contribution < 1.29 is 9.13 Å². The number of rotatable bonds is 6. The maximum Gasteiger partial charge on any atom is 0.124 e. The SMILES string of the molecule is Cl.Fc1ccc(COc2ccc3ccccc3c2CNC2CCCCC2)cc1. The van der Waals surface area contributed by atoms with E-state index in [-0.39, 0.29) is 18.2 Å². The predicted octanol–water partition coefficient (Wildman–Crippen LogP) is 6.40. The zero-order valence-corrected chi connectivity index (χ0v) is 16.8. The van der Waals surface area contributed by atoms with Gasteiger partial charge in [0.1, 0.15) is 18.2 Å². The molecule has 4 rings (SSSR count). The molecule has 0 radical (unpaired) electrons. The molecule has 148 valence electrons. The summed E-state index contributed by atoms with van der Waals surface area (Å²) in [5.41, 5.74) is 2.18. The van der Waals surface area contributed by atoms with Gasteiger partial charge in [-0.1, -0.05) is 61.7 Å². The summed E-state index contributed by atoms with van der Waals surface area (Å²) in [4.78, 5) is 0. The molecule has 0 aromatic heterocycles. The molecule has 0 saturated heterocycles. The molecule has 2 nitrogen and oxygen atoms in total. The largest absolute Gasteiger partial charge is 0.489 e. The van der Waals surface area contributed by atoms with Crippen LogP contribution in [0.4, 0.5) is 4.39 Å². The average molecular weight is 400 g/mol. The van der Waals surface area contributed by atoms with Gasteiger partial charge in [-0.2, -0.15) is 0 Å². The Morgan fingerprint density at radius 2 is 1.64 bits per heavy atom. The molecule has 1 aliphatic rings. The van der Waals surface area contributed by atoms with E-state index in [1.54, 1.807) is 12.1 Å². The third-order valence-electron chi connectivity index (χ3n) is 5.48.